The molecule has 0 aliphatic carbocycles. The molecule has 1 aliphatic heterocycles. The molecule has 4 aromatic rings. The number of ether oxygens (including phenoxy) is 1. The Kier molecular flexibility index (Phi) is 3.13. The van der Waals surface area contributed by atoms with Crippen molar-refractivity contribution in [1.82, 2.24) is 0 Å². The maximum absolute atomic E-state index is 8.62. The topological polar surface area (TPSA) is 13.1 Å². The summed E-state index contributed by atoms with van der Waals surface area (Å²) in [5, 5.41) is 4.14. The molecule has 0 atom stereocenters. The van der Waals surface area contributed by atoms with Crippen LogP contribution in [-0.2, 0) is 7.05 Å². The quantitative estimate of drug-likeness (QED) is 0.301. The van der Waals surface area contributed by atoms with Crippen LogP contribution in [0.25, 0.3) is 32.8 Å². The van der Waals surface area contributed by atoms with Crippen LogP contribution in [0.5, 0.6) is 11.5 Å². The lowest BCUT2D eigenvalue weighted by Crippen LogP contribution is -2.31. The zero-order chi connectivity index (χ0) is 21.5. The average molecular weight is 371 g/mol. The first kappa shape index (κ1) is 15.1. The van der Waals surface area contributed by atoms with E-state index >= 15 is 0 Å². The van der Waals surface area contributed by atoms with E-state index in [1.807, 2.05) is 11.6 Å². The summed E-state index contributed by atoms with van der Waals surface area (Å²) in [7, 11) is 1.88. The molecule has 0 fully saturated rings. The van der Waals surface area contributed by atoms with Crippen molar-refractivity contribution >= 4 is 21.5 Å². The number of rotatable bonds is 1. The number of hydrogen-bond acceptors (Lipinski definition) is 1. The van der Waals surface area contributed by atoms with Crippen LogP contribution < -0.4 is 9.30 Å². The van der Waals surface area contributed by atoms with Crippen LogP contribution in [0.3, 0.4) is 0 Å². The van der Waals surface area contributed by atoms with Gasteiger partial charge in [0.05, 0.1) is 12.3 Å². The predicted molar refractivity (Wildman–Crippen MR) is 116 cm³/mol. The first-order valence-corrected chi connectivity index (χ1v) is 9.88. The smallest absolute Gasteiger partial charge is 0.228 e. The molecule has 1 aliphatic rings. The van der Waals surface area contributed by atoms with E-state index in [0.717, 1.165) is 44.7 Å². The highest BCUT2D eigenvalue weighted by molar-refractivity contribution is 6.06. The lowest BCUT2D eigenvalue weighted by molar-refractivity contribution is -0.659. The third kappa shape index (κ3) is 2.30. The molecule has 0 saturated carbocycles. The summed E-state index contributed by atoms with van der Waals surface area (Å²) in [5.41, 5.74) is 6.74. The van der Waals surface area contributed by atoms with Crippen LogP contribution in [-0.4, -0.2) is 0 Å². The summed E-state index contributed by atoms with van der Waals surface area (Å²) in [6, 6.07) is 11.0. The number of aryl methyl sites for hydroxylation is 3. The van der Waals surface area contributed by atoms with Gasteiger partial charge >= 0.3 is 0 Å². The van der Waals surface area contributed by atoms with Gasteiger partial charge in [0.2, 0.25) is 5.69 Å². The van der Waals surface area contributed by atoms with Crippen molar-refractivity contribution in [2.75, 3.05) is 0 Å². The van der Waals surface area contributed by atoms with E-state index in [2.05, 4.69) is 65.0 Å². The molecule has 0 saturated heterocycles. The highest BCUT2D eigenvalue weighted by Gasteiger charge is 2.30. The zero-order valence-corrected chi connectivity index (χ0v) is 17.3. The average Bonchev–Trinajstić information content (AvgIpc) is 2.69. The minimum Gasteiger partial charge on any atom is -0.456 e. The van der Waals surface area contributed by atoms with Gasteiger partial charge in [0.15, 0.2) is 6.17 Å². The van der Waals surface area contributed by atoms with Crippen LogP contribution in [0.2, 0.25) is 0 Å². The molecule has 0 N–H and O–H groups in total. The van der Waals surface area contributed by atoms with Crippen LogP contribution in [0.15, 0.2) is 42.5 Å². The van der Waals surface area contributed by atoms with Gasteiger partial charge in [-0.1, -0.05) is 37.6 Å². The minimum atomic E-state index is 0.220. The summed E-state index contributed by atoms with van der Waals surface area (Å²) >= 11 is 0. The molecule has 0 spiro atoms. The molecule has 5 rings (SSSR count). The van der Waals surface area contributed by atoms with Gasteiger partial charge in [-0.3, -0.25) is 0 Å². The highest BCUT2D eigenvalue weighted by atomic mass is 16.5. The van der Waals surface area contributed by atoms with Crippen molar-refractivity contribution in [1.29, 1.82) is 0 Å². The second-order valence-electron chi connectivity index (χ2n) is 8.39. The van der Waals surface area contributed by atoms with E-state index in [4.69, 9.17) is 7.48 Å². The Morgan fingerprint density at radius 1 is 0.964 bits per heavy atom. The van der Waals surface area contributed by atoms with Gasteiger partial charge in [-0.25, -0.2) is 4.57 Å². The maximum Gasteiger partial charge on any atom is 0.228 e. The second-order valence-corrected chi connectivity index (χ2v) is 8.39. The lowest BCUT2D eigenvalue weighted by atomic mass is 9.89. The lowest BCUT2D eigenvalue weighted by Gasteiger charge is -2.23. The molecule has 1 aromatic heterocycles. The molecule has 3 aromatic carbocycles. The Balaban J connectivity index is 2.00. The molecule has 0 bridgehead atoms. The van der Waals surface area contributed by atoms with Gasteiger partial charge in [0.1, 0.15) is 19.9 Å². The van der Waals surface area contributed by atoms with Crippen molar-refractivity contribution in [3.8, 4) is 22.8 Å². The monoisotopic (exact) mass is 370 g/mol. The Labute approximate surface area is 169 Å². The molecule has 0 unspecified atom stereocenters. The molecular formula is C26H26NO+. The van der Waals surface area contributed by atoms with Crippen LogP contribution in [0.4, 0.5) is 0 Å². The molecular weight excluding hydrogens is 342 g/mol. The molecule has 2 heteroatoms. The van der Waals surface area contributed by atoms with E-state index in [9.17, 15) is 0 Å². The number of nitrogens with zero attached hydrogens (tertiary/aromatic N) is 1. The molecule has 140 valence electrons. The molecule has 2 heterocycles. The largest absolute Gasteiger partial charge is 0.456 e. The minimum absolute atomic E-state index is 0.220. The van der Waals surface area contributed by atoms with E-state index in [1.54, 1.807) is 0 Å². The second kappa shape index (κ2) is 5.81. The SMILES string of the molecule is [2H]c1c([2H])[n+](C)c2c3c(cc(C(C)C)cc13)Oc1cc3c(C)cc(C)cc3c(C)c1-2. The summed E-state index contributed by atoms with van der Waals surface area (Å²) in [4.78, 5) is 0. The Morgan fingerprint density at radius 3 is 2.50 bits per heavy atom. The van der Waals surface area contributed by atoms with Gasteiger partial charge in [-0.15, -0.1) is 0 Å². The maximum atomic E-state index is 8.62. The molecule has 0 amide bonds. The van der Waals surface area contributed by atoms with Crippen molar-refractivity contribution in [2.24, 2.45) is 7.05 Å². The van der Waals surface area contributed by atoms with Crippen molar-refractivity contribution in [3.05, 3.63) is 64.8 Å². The van der Waals surface area contributed by atoms with Crippen molar-refractivity contribution < 1.29 is 12.0 Å². The first-order chi connectivity index (χ1) is 14.2. The Bertz CT molecular complexity index is 1400. The number of fused-ring (bicyclic) bond motifs is 3. The van der Waals surface area contributed by atoms with Crippen molar-refractivity contribution in [2.45, 2.75) is 40.5 Å². The zero-order valence-electron chi connectivity index (χ0n) is 19.3. The summed E-state index contributed by atoms with van der Waals surface area (Å²) in [6.07, 6.45) is 0.220. The third-order valence-corrected chi connectivity index (χ3v) is 6.01. The number of benzene rings is 3. The van der Waals surface area contributed by atoms with Gasteiger partial charge in [-0.05, 0) is 71.7 Å². The van der Waals surface area contributed by atoms with Gasteiger partial charge in [-0.2, -0.15) is 0 Å². The van der Waals surface area contributed by atoms with Gasteiger partial charge < -0.3 is 4.74 Å². The van der Waals surface area contributed by atoms with Crippen LogP contribution in [0, 0.1) is 20.8 Å². The van der Waals surface area contributed by atoms with Crippen molar-refractivity contribution in [3.63, 3.8) is 0 Å². The standard InChI is InChI=1S/C26H26NO/c1-14(2)19-11-18-7-8-27(6)26-24-17(5)21-10-15(3)9-16(4)20(21)13-23(24)28-22(12-19)25(18)26/h7-14H,1-6H3/q+1/i7D,8D. The fourth-order valence-electron chi connectivity index (χ4n) is 4.55. The van der Waals surface area contributed by atoms with E-state index < -0.39 is 0 Å². The van der Waals surface area contributed by atoms with Crippen LogP contribution >= 0.6 is 0 Å². The fourth-order valence-corrected chi connectivity index (χ4v) is 4.55. The Hall–Kier alpha value is -2.87. The first-order valence-electron chi connectivity index (χ1n) is 10.9. The van der Waals surface area contributed by atoms with Crippen LogP contribution in [0.1, 0.15) is 44.8 Å². The van der Waals surface area contributed by atoms with Gasteiger partial charge in [0, 0.05) is 6.04 Å². The number of pyridine rings is 1. The molecule has 28 heavy (non-hydrogen) atoms. The molecule has 2 nitrogen and oxygen atoms in total. The third-order valence-electron chi connectivity index (χ3n) is 6.01. The highest BCUT2D eigenvalue weighted by Crippen LogP contribution is 2.49. The van der Waals surface area contributed by atoms with E-state index in [1.165, 1.54) is 21.9 Å². The normalized spacial score (nSPS) is 13.5. The van der Waals surface area contributed by atoms with E-state index in [0.29, 0.717) is 5.92 Å². The fraction of sp³-hybridized carbons (Fsp3) is 0.269. The molecule has 0 radical (unpaired) electrons. The summed E-state index contributed by atoms with van der Waals surface area (Å²) in [6.45, 7) is 10.7. The van der Waals surface area contributed by atoms with E-state index in [-0.39, 0.29) is 12.2 Å². The number of aromatic nitrogens is 1. The summed E-state index contributed by atoms with van der Waals surface area (Å²) in [5.74, 6) is 1.92. The number of hydrogen-bond donors (Lipinski definition) is 0. The predicted octanol–water partition coefficient (Wildman–Crippen LogP) is 6.64. The summed E-state index contributed by atoms with van der Waals surface area (Å²) < 4.78 is 25.6. The Morgan fingerprint density at radius 2 is 1.75 bits per heavy atom. The van der Waals surface area contributed by atoms with Gasteiger partial charge in [0.25, 0.3) is 0 Å².